The van der Waals surface area contributed by atoms with Gasteiger partial charge in [0.15, 0.2) is 0 Å². The van der Waals surface area contributed by atoms with E-state index >= 15 is 0 Å². The van der Waals surface area contributed by atoms with Crippen molar-refractivity contribution < 1.29 is 23.8 Å². The third-order valence-electron chi connectivity index (χ3n) is 2.67. The summed E-state index contributed by atoms with van der Waals surface area (Å²) in [6.45, 7) is 7.17. The van der Waals surface area contributed by atoms with Gasteiger partial charge in [-0.05, 0) is 12.3 Å². The minimum absolute atomic E-state index is 0.224. The van der Waals surface area contributed by atoms with Gasteiger partial charge in [0.2, 0.25) is 5.91 Å². The summed E-state index contributed by atoms with van der Waals surface area (Å²) in [7, 11) is -3.07. The summed E-state index contributed by atoms with van der Waals surface area (Å²) in [6, 6.07) is -0.711. The van der Waals surface area contributed by atoms with Crippen molar-refractivity contribution in [1.29, 1.82) is 0 Å². The van der Waals surface area contributed by atoms with Crippen molar-refractivity contribution in [2.24, 2.45) is 5.41 Å². The zero-order chi connectivity index (χ0) is 13.6. The summed E-state index contributed by atoms with van der Waals surface area (Å²) in [4.78, 5) is 31.0. The van der Waals surface area contributed by atoms with Crippen molar-refractivity contribution in [1.82, 2.24) is 9.96 Å². The van der Waals surface area contributed by atoms with Crippen LogP contribution in [-0.2, 0) is 14.0 Å². The van der Waals surface area contributed by atoms with E-state index in [1.165, 1.54) is 4.90 Å². The first-order valence-corrected chi connectivity index (χ1v) is 6.78. The number of amides is 1. The molecule has 0 saturated carbocycles. The molecule has 17 heavy (non-hydrogen) atoms. The molecule has 2 atom stereocenters. The number of likely N-dealkylation sites (N-methyl/N-ethyl adjacent to an activating group) is 1. The molecule has 1 amide bonds. The third-order valence-corrected chi connectivity index (χ3v) is 3.07. The normalized spacial score (nSPS) is 27.9. The molecule has 2 N–H and O–H groups in total. The highest BCUT2D eigenvalue weighted by atomic mass is 31.2. The van der Waals surface area contributed by atoms with Gasteiger partial charge in [0.05, 0.1) is 0 Å². The van der Waals surface area contributed by atoms with Gasteiger partial charge in [0.25, 0.3) is 0 Å². The maximum absolute atomic E-state index is 11.8. The quantitative estimate of drug-likeness (QED) is 0.709. The van der Waals surface area contributed by atoms with Crippen LogP contribution >= 0.6 is 7.82 Å². The van der Waals surface area contributed by atoms with Crippen LogP contribution in [0.3, 0.4) is 0 Å². The molecule has 0 unspecified atom stereocenters. The number of hydroxylamine groups is 2. The Hall–Kier alpha value is -0.460. The van der Waals surface area contributed by atoms with Gasteiger partial charge in [-0.3, -0.25) is 4.79 Å². The lowest BCUT2D eigenvalue weighted by Crippen LogP contribution is -2.47. The van der Waals surface area contributed by atoms with Crippen molar-refractivity contribution >= 4 is 13.7 Å². The average molecular weight is 266 g/mol. The first kappa shape index (κ1) is 14.6. The van der Waals surface area contributed by atoms with E-state index in [1.54, 1.807) is 14.0 Å². The Morgan fingerprint density at radius 3 is 2.18 bits per heavy atom. The van der Waals surface area contributed by atoms with E-state index in [0.717, 1.165) is 5.06 Å². The summed E-state index contributed by atoms with van der Waals surface area (Å²) >= 11 is 0. The largest absolute Gasteiger partial charge is 0.486 e. The highest BCUT2D eigenvalue weighted by Gasteiger charge is 2.50. The van der Waals surface area contributed by atoms with Crippen molar-refractivity contribution in [3.05, 3.63) is 0 Å². The molecular weight excluding hydrogens is 247 g/mol. The van der Waals surface area contributed by atoms with Crippen LogP contribution in [0.5, 0.6) is 0 Å². The summed E-state index contributed by atoms with van der Waals surface area (Å²) < 4.78 is 15.5. The standard InChI is InChI=1S/C9H19N2O5P/c1-6-7(12)10(5)8(9(2,3)4)11(6)16-17(13,14)15/h6,8H,1-5H3,(H2,13,14,15)/t6-,8+/m0/s1. The fraction of sp³-hybridized carbons (Fsp3) is 0.889. The van der Waals surface area contributed by atoms with Crippen LogP contribution in [0.1, 0.15) is 27.7 Å². The number of hydrogen-bond donors (Lipinski definition) is 2. The van der Waals surface area contributed by atoms with Gasteiger partial charge in [-0.25, -0.2) is 4.57 Å². The Morgan fingerprint density at radius 2 is 1.82 bits per heavy atom. The van der Waals surface area contributed by atoms with E-state index in [9.17, 15) is 9.36 Å². The monoisotopic (exact) mass is 266 g/mol. The Labute approximate surface area is 101 Å². The van der Waals surface area contributed by atoms with Crippen molar-refractivity contribution in [2.75, 3.05) is 7.05 Å². The maximum Gasteiger partial charge on any atom is 0.486 e. The fourth-order valence-electron chi connectivity index (χ4n) is 2.11. The zero-order valence-corrected chi connectivity index (χ0v) is 11.5. The minimum Gasteiger partial charge on any atom is -0.326 e. The average Bonchev–Trinajstić information content (AvgIpc) is 2.27. The molecule has 1 aliphatic rings. The molecule has 8 heteroatoms. The smallest absolute Gasteiger partial charge is 0.326 e. The van der Waals surface area contributed by atoms with Gasteiger partial charge in [-0.1, -0.05) is 20.8 Å². The molecule has 1 fully saturated rings. The SMILES string of the molecule is C[C@H]1C(=O)N(C)[C@@H](C(C)(C)C)N1OP(=O)(O)O. The van der Waals surface area contributed by atoms with Crippen molar-refractivity contribution in [2.45, 2.75) is 39.9 Å². The molecule has 7 nitrogen and oxygen atoms in total. The van der Waals surface area contributed by atoms with E-state index in [0.29, 0.717) is 0 Å². The van der Waals surface area contributed by atoms with Crippen LogP contribution in [0.4, 0.5) is 0 Å². The lowest BCUT2D eigenvalue weighted by atomic mass is 9.92. The lowest BCUT2D eigenvalue weighted by Gasteiger charge is -2.37. The van der Waals surface area contributed by atoms with Crippen LogP contribution < -0.4 is 0 Å². The number of phosphoric acid groups is 1. The molecule has 0 aromatic heterocycles. The fourth-order valence-corrected chi connectivity index (χ4v) is 2.58. The molecule has 1 heterocycles. The number of carbonyl (C=O) groups is 1. The van der Waals surface area contributed by atoms with E-state index in [-0.39, 0.29) is 11.3 Å². The van der Waals surface area contributed by atoms with E-state index in [2.05, 4.69) is 4.62 Å². The molecule has 1 aliphatic heterocycles. The zero-order valence-electron chi connectivity index (χ0n) is 10.6. The minimum atomic E-state index is -4.67. The molecule has 1 saturated heterocycles. The first-order chi connectivity index (χ1) is 7.45. The second-order valence-electron chi connectivity index (χ2n) is 5.30. The Kier molecular flexibility index (Phi) is 3.72. The van der Waals surface area contributed by atoms with Gasteiger partial charge in [-0.15, -0.1) is 5.06 Å². The molecule has 0 aliphatic carbocycles. The number of nitrogens with zero attached hydrogens (tertiary/aromatic N) is 2. The molecular formula is C9H19N2O5P. The van der Waals surface area contributed by atoms with Gasteiger partial charge in [0, 0.05) is 7.05 Å². The topological polar surface area (TPSA) is 90.3 Å². The molecule has 0 radical (unpaired) electrons. The summed E-state index contributed by atoms with van der Waals surface area (Å²) in [5, 5.41) is 1.09. The Morgan fingerprint density at radius 1 is 1.35 bits per heavy atom. The third kappa shape index (κ3) is 3.05. The van der Waals surface area contributed by atoms with E-state index < -0.39 is 20.0 Å². The predicted molar refractivity (Wildman–Crippen MR) is 60.4 cm³/mol. The van der Waals surface area contributed by atoms with Gasteiger partial charge < -0.3 is 14.7 Å². The predicted octanol–water partition coefficient (Wildman–Crippen LogP) is 0.545. The summed E-state index contributed by atoms with van der Waals surface area (Å²) in [6.07, 6.45) is -0.516. The highest BCUT2D eigenvalue weighted by molar-refractivity contribution is 7.46. The van der Waals surface area contributed by atoms with Crippen LogP contribution in [0.2, 0.25) is 0 Å². The molecule has 1 rings (SSSR count). The van der Waals surface area contributed by atoms with Gasteiger partial charge in [-0.2, -0.15) is 4.62 Å². The number of rotatable bonds is 2. The molecule has 100 valence electrons. The highest BCUT2D eigenvalue weighted by Crippen LogP contribution is 2.43. The van der Waals surface area contributed by atoms with Crippen LogP contribution in [0.15, 0.2) is 0 Å². The van der Waals surface area contributed by atoms with Crippen molar-refractivity contribution in [3.8, 4) is 0 Å². The lowest BCUT2D eigenvalue weighted by molar-refractivity contribution is -0.159. The van der Waals surface area contributed by atoms with E-state index in [4.69, 9.17) is 9.79 Å². The Balaban J connectivity index is 3.06. The molecule has 0 aromatic carbocycles. The first-order valence-electron chi connectivity index (χ1n) is 5.25. The molecule has 0 bridgehead atoms. The Bertz CT molecular complexity index is 361. The summed E-state index contributed by atoms with van der Waals surface area (Å²) in [5.41, 5.74) is -0.385. The number of carbonyl (C=O) groups excluding carboxylic acids is 1. The van der Waals surface area contributed by atoms with Crippen LogP contribution in [0.25, 0.3) is 0 Å². The second-order valence-corrected chi connectivity index (χ2v) is 6.44. The van der Waals surface area contributed by atoms with E-state index in [1.807, 2.05) is 20.8 Å². The van der Waals surface area contributed by atoms with Crippen LogP contribution in [-0.4, -0.2) is 44.9 Å². The van der Waals surface area contributed by atoms with Gasteiger partial charge in [0.1, 0.15) is 12.2 Å². The van der Waals surface area contributed by atoms with Crippen molar-refractivity contribution in [3.63, 3.8) is 0 Å². The van der Waals surface area contributed by atoms with Gasteiger partial charge >= 0.3 is 7.82 Å². The molecule has 0 aromatic rings. The summed E-state index contributed by atoms with van der Waals surface area (Å²) in [5.74, 6) is -0.224. The van der Waals surface area contributed by atoms with Crippen LogP contribution in [0, 0.1) is 5.41 Å². The number of hydrogen-bond acceptors (Lipinski definition) is 4. The maximum atomic E-state index is 11.8. The molecule has 0 spiro atoms. The second kappa shape index (κ2) is 4.33.